The van der Waals surface area contributed by atoms with Crippen LogP contribution in [0.5, 0.6) is 0 Å². The molecule has 1 N–H and O–H groups in total. The number of thiazole rings is 1. The Morgan fingerprint density at radius 1 is 1.17 bits per heavy atom. The summed E-state index contributed by atoms with van der Waals surface area (Å²) in [6.07, 6.45) is 2.15. The molecule has 1 aromatic rings. The third kappa shape index (κ3) is 7.72. The van der Waals surface area contributed by atoms with Crippen molar-refractivity contribution in [3.05, 3.63) is 16.6 Å². The lowest BCUT2D eigenvalue weighted by molar-refractivity contribution is -0.122. The van der Waals surface area contributed by atoms with Gasteiger partial charge in [0.1, 0.15) is 5.01 Å². The Morgan fingerprint density at radius 3 is 2.17 bits per heavy atom. The molecule has 1 rings (SSSR count). The number of alkyl halides is 6. The Kier molecular flexibility index (Phi) is 8.54. The summed E-state index contributed by atoms with van der Waals surface area (Å²) < 4.78 is -2.93. The van der Waals surface area contributed by atoms with E-state index >= 15 is 0 Å². The van der Waals surface area contributed by atoms with Gasteiger partial charge in [-0.1, -0.05) is 83.5 Å². The van der Waals surface area contributed by atoms with Gasteiger partial charge in [-0.2, -0.15) is 0 Å². The average molecular weight is 461 g/mol. The zero-order valence-electron chi connectivity index (χ0n) is 12.3. The van der Waals surface area contributed by atoms with Crippen molar-refractivity contribution in [2.45, 2.75) is 40.3 Å². The van der Waals surface area contributed by atoms with Crippen molar-refractivity contribution >= 4 is 86.8 Å². The molecule has 0 saturated carbocycles. The van der Waals surface area contributed by atoms with Crippen molar-refractivity contribution in [3.63, 3.8) is 0 Å². The highest BCUT2D eigenvalue weighted by atomic mass is 35.6. The fourth-order valence-electron chi connectivity index (χ4n) is 1.76. The summed E-state index contributed by atoms with van der Waals surface area (Å²) in [5.74, 6) is -0.970. The number of halogens is 6. The average Bonchev–Trinajstić information content (AvgIpc) is 2.89. The van der Waals surface area contributed by atoms with E-state index in [1.807, 2.05) is 5.38 Å². The van der Waals surface area contributed by atoms with E-state index < -0.39 is 13.5 Å². The molecule has 1 amide bonds. The summed E-state index contributed by atoms with van der Waals surface area (Å²) in [4.78, 5) is 16.5. The second-order valence-electron chi connectivity index (χ2n) is 5.32. The molecule has 0 aromatic carbocycles. The van der Waals surface area contributed by atoms with Gasteiger partial charge in [0.2, 0.25) is 5.91 Å². The number of hydrogen-bond acceptors (Lipinski definition) is 3. The van der Waals surface area contributed by atoms with E-state index in [1.165, 1.54) is 11.3 Å². The lowest BCUT2D eigenvalue weighted by Gasteiger charge is -2.26. The van der Waals surface area contributed by atoms with Crippen LogP contribution in [0.2, 0.25) is 0 Å². The molecule has 23 heavy (non-hydrogen) atoms. The smallest absolute Gasteiger partial charge is 0.220 e. The quantitative estimate of drug-likeness (QED) is 0.521. The van der Waals surface area contributed by atoms with E-state index in [9.17, 15) is 4.79 Å². The van der Waals surface area contributed by atoms with Gasteiger partial charge in [0.25, 0.3) is 0 Å². The minimum atomic E-state index is -1.50. The fourth-order valence-corrected chi connectivity index (χ4v) is 2.96. The van der Waals surface area contributed by atoms with E-state index in [0.29, 0.717) is 6.42 Å². The van der Waals surface area contributed by atoms with Crippen LogP contribution in [0.4, 0.5) is 0 Å². The minimum Gasteiger partial charge on any atom is -0.347 e. The van der Waals surface area contributed by atoms with Crippen LogP contribution in [0.25, 0.3) is 0 Å². The van der Waals surface area contributed by atoms with E-state index in [4.69, 9.17) is 69.6 Å². The third-order valence-corrected chi connectivity index (χ3v) is 6.41. The molecule has 1 heterocycles. The molecule has 0 aliphatic heterocycles. The first-order valence-corrected chi connectivity index (χ1v) is 9.88. The molecule has 10 heteroatoms. The van der Waals surface area contributed by atoms with Crippen molar-refractivity contribution in [2.24, 2.45) is 11.8 Å². The van der Waals surface area contributed by atoms with Gasteiger partial charge in [0.15, 0.2) is 7.59 Å². The molecule has 0 fully saturated rings. The molecule has 132 valence electrons. The zero-order valence-corrected chi connectivity index (χ0v) is 17.7. The van der Waals surface area contributed by atoms with Gasteiger partial charge in [0, 0.05) is 29.8 Å². The van der Waals surface area contributed by atoms with Crippen LogP contribution < -0.4 is 5.32 Å². The molecular formula is C13H16Cl6N2OS. The van der Waals surface area contributed by atoms with Crippen LogP contribution in [0, 0.1) is 11.8 Å². The molecule has 3 nitrogen and oxygen atoms in total. The van der Waals surface area contributed by atoms with Crippen LogP contribution in [0.1, 0.15) is 37.7 Å². The number of hydrogen-bond donors (Lipinski definition) is 1. The zero-order chi connectivity index (χ0) is 17.8. The number of rotatable bonds is 6. The third-order valence-electron chi connectivity index (χ3n) is 3.28. The number of aromatic nitrogens is 1. The second kappa shape index (κ2) is 8.98. The van der Waals surface area contributed by atoms with Crippen LogP contribution in [0.15, 0.2) is 11.6 Å². The predicted molar refractivity (Wildman–Crippen MR) is 101 cm³/mol. The van der Waals surface area contributed by atoms with Gasteiger partial charge < -0.3 is 5.32 Å². The molecule has 0 radical (unpaired) electrons. The Balaban J connectivity index is 2.77. The highest BCUT2D eigenvalue weighted by molar-refractivity contribution is 7.09. The molecule has 0 aliphatic carbocycles. The highest BCUT2D eigenvalue weighted by Crippen LogP contribution is 2.40. The summed E-state index contributed by atoms with van der Waals surface area (Å²) in [5.41, 5.74) is 0. The number of amides is 1. The van der Waals surface area contributed by atoms with Crippen molar-refractivity contribution in [1.82, 2.24) is 10.3 Å². The Morgan fingerprint density at radius 2 is 1.74 bits per heavy atom. The van der Waals surface area contributed by atoms with E-state index in [1.54, 1.807) is 20.0 Å². The lowest BCUT2D eigenvalue weighted by atomic mass is 10.0. The maximum Gasteiger partial charge on any atom is 0.220 e. The first-order chi connectivity index (χ1) is 10.4. The molecule has 0 aliphatic rings. The van der Waals surface area contributed by atoms with Crippen LogP contribution in [-0.2, 0) is 4.79 Å². The van der Waals surface area contributed by atoms with Crippen LogP contribution in [-0.4, -0.2) is 18.5 Å². The van der Waals surface area contributed by atoms with Gasteiger partial charge >= 0.3 is 0 Å². The van der Waals surface area contributed by atoms with E-state index in [2.05, 4.69) is 10.3 Å². The predicted octanol–water partition coefficient (Wildman–Crippen LogP) is 6.09. The van der Waals surface area contributed by atoms with Gasteiger partial charge in [-0.15, -0.1) is 11.3 Å². The largest absolute Gasteiger partial charge is 0.347 e. The first-order valence-electron chi connectivity index (χ1n) is 6.73. The normalized spacial score (nSPS) is 16.7. The summed E-state index contributed by atoms with van der Waals surface area (Å²) in [6.45, 7) is 3.48. The number of nitrogens with zero attached hydrogens (tertiary/aromatic N) is 1. The van der Waals surface area contributed by atoms with E-state index in [0.717, 1.165) is 5.01 Å². The van der Waals surface area contributed by atoms with Gasteiger partial charge in [-0.05, 0) is 6.42 Å². The maximum absolute atomic E-state index is 12.2. The van der Waals surface area contributed by atoms with Crippen LogP contribution >= 0.6 is 80.9 Å². The standard InChI is InChI=1S/C13H16Cl6N2OS/c1-7(12(14,15)16)5-9(11-20-3-4-23-11)21-10(22)6-8(2)13(17,18)19/h3-4,7-9H,5-6H2,1-2H3,(H,21,22)/t7-,8-,9-/m0/s1. The Hall–Kier alpha value is 0.840. The molecule has 0 bridgehead atoms. The highest BCUT2D eigenvalue weighted by Gasteiger charge is 2.34. The monoisotopic (exact) mass is 458 g/mol. The first kappa shape index (κ1) is 21.9. The number of carbonyl (C=O) groups is 1. The summed E-state index contributed by atoms with van der Waals surface area (Å²) in [7, 11) is 0. The Labute approximate surface area is 169 Å². The van der Waals surface area contributed by atoms with Gasteiger partial charge in [-0.25, -0.2) is 4.98 Å². The van der Waals surface area contributed by atoms with E-state index in [-0.39, 0.29) is 24.3 Å². The molecule has 0 unspecified atom stereocenters. The SMILES string of the molecule is C[C@@H](CC(=O)N[C@@H](C[C@H](C)C(Cl)(Cl)Cl)c1nccs1)C(Cl)(Cl)Cl. The van der Waals surface area contributed by atoms with Gasteiger partial charge in [0.05, 0.1) is 6.04 Å². The summed E-state index contributed by atoms with van der Waals surface area (Å²) >= 11 is 36.6. The second-order valence-corrected chi connectivity index (χ2v) is 11.0. The van der Waals surface area contributed by atoms with Crippen molar-refractivity contribution in [1.29, 1.82) is 0 Å². The molecule has 0 spiro atoms. The molecule has 3 atom stereocenters. The molecule has 0 saturated heterocycles. The number of carbonyl (C=O) groups excluding carboxylic acids is 1. The van der Waals surface area contributed by atoms with Crippen molar-refractivity contribution in [2.75, 3.05) is 0 Å². The van der Waals surface area contributed by atoms with Crippen molar-refractivity contribution < 1.29 is 4.79 Å². The Bertz CT molecular complexity index is 500. The topological polar surface area (TPSA) is 42.0 Å². The minimum absolute atomic E-state index is 0.0700. The molecule has 1 aromatic heterocycles. The van der Waals surface area contributed by atoms with Gasteiger partial charge in [-0.3, -0.25) is 4.79 Å². The summed E-state index contributed by atoms with van der Waals surface area (Å²) in [6, 6.07) is -0.365. The maximum atomic E-state index is 12.2. The number of nitrogens with one attached hydrogen (secondary N) is 1. The lowest BCUT2D eigenvalue weighted by Crippen LogP contribution is -2.34. The fraction of sp³-hybridized carbons (Fsp3) is 0.692. The van der Waals surface area contributed by atoms with Crippen molar-refractivity contribution in [3.8, 4) is 0 Å². The van der Waals surface area contributed by atoms with Crippen LogP contribution in [0.3, 0.4) is 0 Å². The summed E-state index contributed by atoms with van der Waals surface area (Å²) in [5, 5.41) is 5.44. The molecular weight excluding hydrogens is 445 g/mol.